The molecule has 2 aromatic rings. The van der Waals surface area contributed by atoms with Crippen LogP contribution in [-0.2, 0) is 10.5 Å². The maximum atomic E-state index is 12.7. The number of amides is 1. The second kappa shape index (κ2) is 7.36. The largest absolute Gasteiger partial charge is 0.389 e. The topological polar surface area (TPSA) is 55.8 Å². The third-order valence-corrected chi connectivity index (χ3v) is 7.68. The third kappa shape index (κ3) is 3.06. The lowest BCUT2D eigenvalue weighted by molar-refractivity contribution is -0.157. The van der Waals surface area contributed by atoms with Crippen LogP contribution in [0.15, 0.2) is 59.6 Å². The number of rotatable bonds is 1. The van der Waals surface area contributed by atoms with Gasteiger partial charge in [0.2, 0.25) is 5.91 Å². The number of carbonyl (C=O) groups is 1. The molecule has 150 valence electrons. The number of aliphatic hydroxyl groups excluding tert-OH is 1. The summed E-state index contributed by atoms with van der Waals surface area (Å²) in [6.07, 6.45) is 2.97. The molecule has 29 heavy (non-hydrogen) atoms. The van der Waals surface area contributed by atoms with Crippen molar-refractivity contribution in [1.29, 1.82) is 0 Å². The molecular weight excluding hydrogens is 406 g/mol. The lowest BCUT2D eigenvalue weighted by Crippen LogP contribution is -2.66. The fourth-order valence-electron chi connectivity index (χ4n) is 4.51. The van der Waals surface area contributed by atoms with E-state index in [0.717, 1.165) is 21.2 Å². The fraction of sp³-hybridized carbons (Fsp3) is 0.318. The Bertz CT molecular complexity index is 998. The van der Waals surface area contributed by atoms with E-state index in [0.29, 0.717) is 6.67 Å². The maximum absolute atomic E-state index is 12.7. The Morgan fingerprint density at radius 2 is 1.97 bits per heavy atom. The average Bonchev–Trinajstić information content (AvgIpc) is 2.89. The fourth-order valence-corrected chi connectivity index (χ4v) is 5.97. The van der Waals surface area contributed by atoms with Gasteiger partial charge in [-0.05, 0) is 28.8 Å². The number of aliphatic hydroxyl groups is 1. The summed E-state index contributed by atoms with van der Waals surface area (Å²) in [6, 6.07) is 13.9. The first-order valence-corrected chi connectivity index (χ1v) is 11.1. The minimum atomic E-state index is -0.638. The van der Waals surface area contributed by atoms with Gasteiger partial charge in [0.05, 0.1) is 23.8 Å². The van der Waals surface area contributed by atoms with Crippen molar-refractivity contribution in [1.82, 2.24) is 15.3 Å². The lowest BCUT2D eigenvalue weighted by Gasteiger charge is -2.51. The highest BCUT2D eigenvalue weighted by Gasteiger charge is 2.45. The molecule has 3 aliphatic heterocycles. The molecule has 5 rings (SSSR count). The van der Waals surface area contributed by atoms with Gasteiger partial charge in [0, 0.05) is 22.8 Å². The summed E-state index contributed by atoms with van der Waals surface area (Å²) < 4.78 is 0. The van der Waals surface area contributed by atoms with Crippen LogP contribution in [-0.4, -0.2) is 39.8 Å². The first-order chi connectivity index (χ1) is 14.1. The standard InChI is InChI=1S/C22H22ClN3O2S/c1-13-18(27)9-10-25-19(13)22(28)24-12-26(25)20-15-6-3-2-5-14(15)11-29-21-16(20)7-4-8-17(21)23/h2-10,13,18-20,27H,11-12H2,1H3,(H,24,28). The summed E-state index contributed by atoms with van der Waals surface area (Å²) in [6.45, 7) is 2.30. The van der Waals surface area contributed by atoms with Crippen LogP contribution in [0.3, 0.4) is 0 Å². The molecule has 0 aliphatic carbocycles. The van der Waals surface area contributed by atoms with Crippen LogP contribution >= 0.6 is 23.4 Å². The van der Waals surface area contributed by atoms with Crippen molar-refractivity contribution in [2.75, 3.05) is 6.67 Å². The molecule has 4 atom stereocenters. The molecule has 4 unspecified atom stereocenters. The van der Waals surface area contributed by atoms with Crippen molar-refractivity contribution < 1.29 is 9.90 Å². The van der Waals surface area contributed by atoms with E-state index in [1.165, 1.54) is 11.1 Å². The Morgan fingerprint density at radius 3 is 2.83 bits per heavy atom. The van der Waals surface area contributed by atoms with Gasteiger partial charge in [-0.1, -0.05) is 54.9 Å². The second-order valence-corrected chi connectivity index (χ2v) is 9.10. The number of thioether (sulfide) groups is 1. The van der Waals surface area contributed by atoms with Crippen molar-refractivity contribution in [3.05, 3.63) is 76.5 Å². The molecule has 3 aliphatic rings. The monoisotopic (exact) mass is 427 g/mol. The molecule has 0 spiro atoms. The number of hydrogen-bond acceptors (Lipinski definition) is 5. The molecule has 1 amide bonds. The molecule has 0 radical (unpaired) electrons. The van der Waals surface area contributed by atoms with E-state index < -0.39 is 12.1 Å². The van der Waals surface area contributed by atoms with Crippen LogP contribution in [0.1, 0.15) is 29.7 Å². The second-order valence-electron chi connectivity index (χ2n) is 7.70. The van der Waals surface area contributed by atoms with E-state index in [1.54, 1.807) is 17.8 Å². The molecule has 0 saturated carbocycles. The minimum absolute atomic E-state index is 0.0558. The molecule has 7 heteroatoms. The van der Waals surface area contributed by atoms with Gasteiger partial charge in [0.1, 0.15) is 6.04 Å². The van der Waals surface area contributed by atoms with Gasteiger partial charge in [-0.3, -0.25) is 9.80 Å². The van der Waals surface area contributed by atoms with Gasteiger partial charge >= 0.3 is 0 Å². The Kier molecular flexibility index (Phi) is 4.82. The van der Waals surface area contributed by atoms with Crippen molar-refractivity contribution in [2.24, 2.45) is 5.92 Å². The Morgan fingerprint density at radius 1 is 1.17 bits per heavy atom. The van der Waals surface area contributed by atoms with Crippen molar-refractivity contribution in [3.63, 3.8) is 0 Å². The molecule has 2 aromatic carbocycles. The van der Waals surface area contributed by atoms with E-state index >= 15 is 0 Å². The van der Waals surface area contributed by atoms with E-state index in [-0.39, 0.29) is 17.9 Å². The summed E-state index contributed by atoms with van der Waals surface area (Å²) in [5.41, 5.74) is 3.61. The number of hydrogen-bond donors (Lipinski definition) is 2. The van der Waals surface area contributed by atoms with Gasteiger partial charge in [0.25, 0.3) is 0 Å². The number of hydrazine groups is 1. The maximum Gasteiger partial charge on any atom is 0.245 e. The zero-order chi connectivity index (χ0) is 20.1. The highest BCUT2D eigenvalue weighted by molar-refractivity contribution is 7.98. The SMILES string of the molecule is CC1C(O)C=CN2C1C(=O)NCN2C1c2ccccc2CSc2c(Cl)cccc21. The van der Waals surface area contributed by atoms with Crippen LogP contribution in [0.5, 0.6) is 0 Å². The Hall–Kier alpha value is -1.99. The van der Waals surface area contributed by atoms with Crippen LogP contribution in [0.25, 0.3) is 0 Å². The molecule has 3 heterocycles. The Balaban J connectivity index is 1.68. The van der Waals surface area contributed by atoms with Gasteiger partial charge < -0.3 is 10.4 Å². The number of nitrogens with one attached hydrogen (secondary N) is 1. The molecular formula is C22H22ClN3O2S. The molecule has 5 nitrogen and oxygen atoms in total. The third-order valence-electron chi connectivity index (χ3n) is 6.05. The predicted molar refractivity (Wildman–Crippen MR) is 114 cm³/mol. The summed E-state index contributed by atoms with van der Waals surface area (Å²) in [5.74, 6) is 0.578. The summed E-state index contributed by atoms with van der Waals surface area (Å²) >= 11 is 8.35. The van der Waals surface area contributed by atoms with Gasteiger partial charge in [-0.15, -0.1) is 11.8 Å². The quantitative estimate of drug-likeness (QED) is 0.729. The zero-order valence-corrected chi connectivity index (χ0v) is 17.5. The predicted octanol–water partition coefficient (Wildman–Crippen LogP) is 3.53. The summed E-state index contributed by atoms with van der Waals surface area (Å²) in [5, 5.41) is 18.3. The van der Waals surface area contributed by atoms with Crippen LogP contribution < -0.4 is 5.32 Å². The van der Waals surface area contributed by atoms with Crippen LogP contribution in [0.2, 0.25) is 5.02 Å². The highest BCUT2D eigenvalue weighted by Crippen LogP contribution is 2.46. The van der Waals surface area contributed by atoms with Crippen molar-refractivity contribution in [2.45, 2.75) is 35.8 Å². The number of halogens is 1. The van der Waals surface area contributed by atoms with Crippen molar-refractivity contribution in [3.8, 4) is 0 Å². The van der Waals surface area contributed by atoms with E-state index in [2.05, 4.69) is 40.7 Å². The molecule has 1 fully saturated rings. The smallest absolute Gasteiger partial charge is 0.245 e. The first-order valence-electron chi connectivity index (χ1n) is 9.74. The molecule has 1 saturated heterocycles. The van der Waals surface area contributed by atoms with Gasteiger partial charge in [-0.2, -0.15) is 5.01 Å². The van der Waals surface area contributed by atoms with Crippen LogP contribution in [0, 0.1) is 5.92 Å². The number of fused-ring (bicyclic) bond motifs is 3. The normalized spacial score (nSPS) is 28.8. The first kappa shape index (κ1) is 19.0. The van der Waals surface area contributed by atoms with Gasteiger partial charge in [-0.25, -0.2) is 0 Å². The van der Waals surface area contributed by atoms with Gasteiger partial charge in [0.15, 0.2) is 0 Å². The number of nitrogens with zero attached hydrogens (tertiary/aromatic N) is 2. The number of benzene rings is 2. The summed E-state index contributed by atoms with van der Waals surface area (Å²) in [4.78, 5) is 13.8. The molecule has 0 aromatic heterocycles. The van der Waals surface area contributed by atoms with E-state index in [4.69, 9.17) is 11.6 Å². The zero-order valence-electron chi connectivity index (χ0n) is 16.0. The Labute approximate surface area is 179 Å². The molecule has 2 N–H and O–H groups in total. The molecule has 0 bridgehead atoms. The lowest BCUT2D eigenvalue weighted by atomic mass is 9.90. The van der Waals surface area contributed by atoms with E-state index in [1.807, 2.05) is 30.3 Å². The minimum Gasteiger partial charge on any atom is -0.389 e. The highest BCUT2D eigenvalue weighted by atomic mass is 35.5. The average molecular weight is 428 g/mol. The number of carbonyl (C=O) groups excluding carboxylic acids is 1. The van der Waals surface area contributed by atoms with E-state index in [9.17, 15) is 9.90 Å². The summed E-state index contributed by atoms with van der Waals surface area (Å²) in [7, 11) is 0. The van der Waals surface area contributed by atoms with Crippen LogP contribution in [0.4, 0.5) is 0 Å². The van der Waals surface area contributed by atoms with Crippen molar-refractivity contribution >= 4 is 29.3 Å².